The Bertz CT molecular complexity index is 357. The van der Waals surface area contributed by atoms with Gasteiger partial charge in [-0.3, -0.25) is 0 Å². The van der Waals surface area contributed by atoms with Gasteiger partial charge in [0.05, 0.1) is 11.7 Å². The van der Waals surface area contributed by atoms with Crippen LogP contribution >= 0.6 is 0 Å². The number of ether oxygens (including phenoxy) is 1. The molecule has 0 heterocycles. The van der Waals surface area contributed by atoms with Crippen LogP contribution in [0.4, 0.5) is 8.78 Å². The van der Waals surface area contributed by atoms with Crippen molar-refractivity contribution in [1.29, 1.82) is 0 Å². The maximum absolute atomic E-state index is 13.4. The quantitative estimate of drug-likeness (QED) is 0.863. The van der Waals surface area contributed by atoms with Gasteiger partial charge in [-0.15, -0.1) is 0 Å². The summed E-state index contributed by atoms with van der Waals surface area (Å²) in [5.41, 5.74) is -0.934. The van der Waals surface area contributed by atoms with Crippen LogP contribution in [0.3, 0.4) is 0 Å². The highest BCUT2D eigenvalue weighted by molar-refractivity contribution is 5.21. The molecule has 0 amide bonds. The molecule has 1 aromatic carbocycles. The number of benzene rings is 1. The van der Waals surface area contributed by atoms with E-state index >= 15 is 0 Å². The van der Waals surface area contributed by atoms with E-state index in [4.69, 9.17) is 4.74 Å². The fourth-order valence-corrected chi connectivity index (χ4v) is 1.63. The van der Waals surface area contributed by atoms with Gasteiger partial charge in [0.15, 0.2) is 0 Å². The predicted octanol–water partition coefficient (Wildman–Crippen LogP) is 2.68. The highest BCUT2D eigenvalue weighted by atomic mass is 19.1. The summed E-state index contributed by atoms with van der Waals surface area (Å²) >= 11 is 0. The normalized spacial score (nSPS) is 13.8. The molecule has 96 valence electrons. The van der Waals surface area contributed by atoms with Crippen LogP contribution in [-0.4, -0.2) is 23.4 Å². The zero-order chi connectivity index (χ0) is 13.1. The van der Waals surface area contributed by atoms with Crippen molar-refractivity contribution in [3.63, 3.8) is 0 Å². The Morgan fingerprint density at radius 2 is 1.82 bits per heavy atom. The van der Waals surface area contributed by atoms with E-state index in [0.717, 1.165) is 0 Å². The number of hydrogen-bond donors (Lipinski definition) is 1. The first-order valence-electron chi connectivity index (χ1n) is 5.63. The molecule has 0 fully saturated rings. The molecule has 0 aliphatic heterocycles. The first-order valence-corrected chi connectivity index (χ1v) is 5.63. The van der Waals surface area contributed by atoms with E-state index < -0.39 is 23.3 Å². The number of halogens is 2. The number of aliphatic hydroxyl groups is 1. The molecule has 0 aliphatic carbocycles. The van der Waals surface area contributed by atoms with Crippen molar-refractivity contribution in [2.24, 2.45) is 0 Å². The van der Waals surface area contributed by atoms with Crippen LogP contribution < -0.4 is 0 Å². The maximum Gasteiger partial charge on any atom is 0.129 e. The van der Waals surface area contributed by atoms with E-state index in [1.165, 1.54) is 18.2 Å². The summed E-state index contributed by atoms with van der Waals surface area (Å²) in [6, 6.07) is 3.66. The fourth-order valence-electron chi connectivity index (χ4n) is 1.63. The third-order valence-electron chi connectivity index (χ3n) is 2.78. The minimum Gasteiger partial charge on any atom is -0.390 e. The maximum atomic E-state index is 13.4. The molecule has 0 saturated heterocycles. The summed E-state index contributed by atoms with van der Waals surface area (Å²) < 4.78 is 32.1. The monoisotopic (exact) mass is 244 g/mol. The molecule has 1 rings (SSSR count). The Balaban J connectivity index is 2.84. The van der Waals surface area contributed by atoms with Gasteiger partial charge in [0, 0.05) is 18.6 Å². The van der Waals surface area contributed by atoms with Crippen molar-refractivity contribution in [3.05, 3.63) is 35.4 Å². The molecule has 1 aromatic rings. The molecule has 1 unspecified atom stereocenters. The average Bonchev–Trinajstić information content (AvgIpc) is 2.23. The Labute approximate surface area is 100 Å². The average molecular weight is 244 g/mol. The minimum absolute atomic E-state index is 0.104. The lowest BCUT2D eigenvalue weighted by Crippen LogP contribution is -2.40. The van der Waals surface area contributed by atoms with Crippen molar-refractivity contribution in [2.75, 3.05) is 6.61 Å². The lowest BCUT2D eigenvalue weighted by molar-refractivity contribution is -0.0959. The van der Waals surface area contributed by atoms with Gasteiger partial charge in [0.1, 0.15) is 11.6 Å². The molecular weight excluding hydrogens is 226 g/mol. The summed E-state index contributed by atoms with van der Waals surface area (Å²) in [6.07, 6.45) is -1.07. The molecule has 1 atom stereocenters. The Kier molecular flexibility index (Phi) is 4.60. The van der Waals surface area contributed by atoms with Crippen LogP contribution in [0.1, 0.15) is 26.3 Å². The summed E-state index contributed by atoms with van der Waals surface area (Å²) in [5, 5.41) is 9.95. The highest BCUT2D eigenvalue weighted by Gasteiger charge is 2.29. The van der Waals surface area contributed by atoms with Crippen LogP contribution in [0.5, 0.6) is 0 Å². The Morgan fingerprint density at radius 1 is 1.29 bits per heavy atom. The van der Waals surface area contributed by atoms with Crippen molar-refractivity contribution in [2.45, 2.75) is 38.9 Å². The van der Waals surface area contributed by atoms with Crippen LogP contribution in [-0.2, 0) is 11.2 Å². The number of aliphatic hydroxyl groups excluding tert-OH is 1. The van der Waals surface area contributed by atoms with Gasteiger partial charge in [-0.1, -0.05) is 6.07 Å². The van der Waals surface area contributed by atoms with Gasteiger partial charge < -0.3 is 9.84 Å². The number of hydrogen-bond acceptors (Lipinski definition) is 2. The summed E-state index contributed by atoms with van der Waals surface area (Å²) in [4.78, 5) is 0. The van der Waals surface area contributed by atoms with E-state index in [9.17, 15) is 13.9 Å². The SMILES string of the molecule is CCOC(C)(C)C(O)Cc1c(F)cccc1F. The van der Waals surface area contributed by atoms with Crippen molar-refractivity contribution in [3.8, 4) is 0 Å². The summed E-state index contributed by atoms with van der Waals surface area (Å²) in [6.45, 7) is 5.63. The lowest BCUT2D eigenvalue weighted by Gasteiger charge is -2.30. The van der Waals surface area contributed by atoms with E-state index in [0.29, 0.717) is 6.61 Å². The second-order valence-corrected chi connectivity index (χ2v) is 4.46. The topological polar surface area (TPSA) is 29.5 Å². The van der Waals surface area contributed by atoms with Gasteiger partial charge >= 0.3 is 0 Å². The van der Waals surface area contributed by atoms with Crippen LogP contribution in [0.25, 0.3) is 0 Å². The van der Waals surface area contributed by atoms with E-state index in [1.54, 1.807) is 20.8 Å². The first kappa shape index (κ1) is 14.1. The molecule has 0 spiro atoms. The molecule has 2 nitrogen and oxygen atoms in total. The smallest absolute Gasteiger partial charge is 0.129 e. The minimum atomic E-state index is -0.964. The second kappa shape index (κ2) is 5.56. The summed E-state index contributed by atoms with van der Waals surface area (Å²) in [7, 11) is 0. The Hall–Kier alpha value is -1.00. The van der Waals surface area contributed by atoms with Crippen LogP contribution in [0.15, 0.2) is 18.2 Å². The third kappa shape index (κ3) is 3.48. The summed E-state index contributed by atoms with van der Waals surface area (Å²) in [5.74, 6) is -1.28. The van der Waals surface area contributed by atoms with Crippen molar-refractivity contribution >= 4 is 0 Å². The van der Waals surface area contributed by atoms with Crippen molar-refractivity contribution in [1.82, 2.24) is 0 Å². The zero-order valence-corrected chi connectivity index (χ0v) is 10.3. The molecule has 17 heavy (non-hydrogen) atoms. The molecule has 0 aromatic heterocycles. The van der Waals surface area contributed by atoms with E-state index in [2.05, 4.69) is 0 Å². The Morgan fingerprint density at radius 3 is 2.29 bits per heavy atom. The zero-order valence-electron chi connectivity index (χ0n) is 10.3. The number of rotatable bonds is 5. The van der Waals surface area contributed by atoms with Gasteiger partial charge in [-0.2, -0.15) is 0 Å². The molecule has 0 radical (unpaired) electrons. The van der Waals surface area contributed by atoms with Gasteiger partial charge in [0.2, 0.25) is 0 Å². The highest BCUT2D eigenvalue weighted by Crippen LogP contribution is 2.21. The van der Waals surface area contributed by atoms with Gasteiger partial charge in [-0.05, 0) is 32.9 Å². The largest absolute Gasteiger partial charge is 0.390 e. The molecule has 0 saturated carbocycles. The second-order valence-electron chi connectivity index (χ2n) is 4.46. The molecule has 0 bridgehead atoms. The predicted molar refractivity (Wildman–Crippen MR) is 61.8 cm³/mol. The van der Waals surface area contributed by atoms with Gasteiger partial charge in [-0.25, -0.2) is 8.78 Å². The fraction of sp³-hybridized carbons (Fsp3) is 0.538. The molecule has 0 aliphatic rings. The molecule has 4 heteroatoms. The standard InChI is InChI=1S/C13H18F2O2/c1-4-17-13(2,3)12(16)8-9-10(14)6-5-7-11(9)15/h5-7,12,16H,4,8H2,1-3H3. The van der Waals surface area contributed by atoms with Gasteiger partial charge in [0.25, 0.3) is 0 Å². The van der Waals surface area contributed by atoms with Crippen molar-refractivity contribution < 1.29 is 18.6 Å². The van der Waals surface area contributed by atoms with E-state index in [-0.39, 0.29) is 12.0 Å². The lowest BCUT2D eigenvalue weighted by atomic mass is 9.94. The molecular formula is C13H18F2O2. The third-order valence-corrected chi connectivity index (χ3v) is 2.78. The van der Waals surface area contributed by atoms with Crippen LogP contribution in [0, 0.1) is 11.6 Å². The molecule has 1 N–H and O–H groups in total. The van der Waals surface area contributed by atoms with E-state index in [1.807, 2.05) is 0 Å². The first-order chi connectivity index (χ1) is 7.88. The van der Waals surface area contributed by atoms with Crippen LogP contribution in [0.2, 0.25) is 0 Å².